The molecule has 2 fully saturated rings. The van der Waals surface area contributed by atoms with Gasteiger partial charge in [-0.1, -0.05) is 12.8 Å². The van der Waals surface area contributed by atoms with Crippen LogP contribution in [0, 0.1) is 5.92 Å². The number of nitrogens with zero attached hydrogens (tertiary/aromatic N) is 1. The highest BCUT2D eigenvalue weighted by Crippen LogP contribution is 2.37. The highest BCUT2D eigenvalue weighted by molar-refractivity contribution is 5.50. The molecule has 1 heterocycles. The molecule has 18 heavy (non-hydrogen) atoms. The molecule has 1 aliphatic carbocycles. The van der Waals surface area contributed by atoms with Crippen molar-refractivity contribution in [2.24, 2.45) is 5.92 Å². The van der Waals surface area contributed by atoms with E-state index >= 15 is 0 Å². The average Bonchev–Trinajstić information content (AvgIpc) is 2.47. The van der Waals surface area contributed by atoms with E-state index in [-0.39, 0.29) is 0 Å². The van der Waals surface area contributed by atoms with Crippen LogP contribution < -0.4 is 9.64 Å². The van der Waals surface area contributed by atoms with Crippen LogP contribution in [0.15, 0.2) is 24.3 Å². The van der Waals surface area contributed by atoms with Gasteiger partial charge in [-0.05, 0) is 55.9 Å². The van der Waals surface area contributed by atoms with Gasteiger partial charge in [-0.25, -0.2) is 0 Å². The smallest absolute Gasteiger partial charge is 0.119 e. The van der Waals surface area contributed by atoms with E-state index in [1.165, 1.54) is 50.8 Å². The van der Waals surface area contributed by atoms with E-state index in [1.54, 1.807) is 7.11 Å². The summed E-state index contributed by atoms with van der Waals surface area (Å²) in [6.45, 7) is 1.23. The zero-order valence-corrected chi connectivity index (χ0v) is 11.3. The molecule has 1 aromatic rings. The lowest BCUT2D eigenvalue weighted by atomic mass is 9.78. The SMILES string of the molecule is COc1ccc(N2CCCC3CCCCC32)cc1. The fourth-order valence-electron chi connectivity index (χ4n) is 3.72. The van der Waals surface area contributed by atoms with Crippen molar-refractivity contribution in [3.8, 4) is 5.75 Å². The van der Waals surface area contributed by atoms with E-state index in [9.17, 15) is 0 Å². The minimum Gasteiger partial charge on any atom is -0.497 e. The van der Waals surface area contributed by atoms with Crippen LogP contribution in [0.4, 0.5) is 5.69 Å². The molecule has 2 atom stereocenters. The van der Waals surface area contributed by atoms with E-state index in [1.807, 2.05) is 0 Å². The van der Waals surface area contributed by atoms with Crippen LogP contribution in [0.25, 0.3) is 0 Å². The van der Waals surface area contributed by atoms with Gasteiger partial charge in [-0.2, -0.15) is 0 Å². The minimum absolute atomic E-state index is 0.792. The third kappa shape index (κ3) is 2.21. The number of hydrogen-bond donors (Lipinski definition) is 0. The van der Waals surface area contributed by atoms with Crippen LogP contribution in [-0.2, 0) is 0 Å². The predicted molar refractivity (Wildman–Crippen MR) is 75.3 cm³/mol. The van der Waals surface area contributed by atoms with Crippen molar-refractivity contribution < 1.29 is 4.74 Å². The molecule has 0 aromatic heterocycles. The molecule has 1 aromatic carbocycles. The van der Waals surface area contributed by atoms with Gasteiger partial charge in [0.15, 0.2) is 0 Å². The number of benzene rings is 1. The molecular formula is C16H23NO. The quantitative estimate of drug-likeness (QED) is 0.784. The maximum Gasteiger partial charge on any atom is 0.119 e. The summed E-state index contributed by atoms with van der Waals surface area (Å²) < 4.78 is 5.24. The van der Waals surface area contributed by atoms with Crippen LogP contribution in [0.3, 0.4) is 0 Å². The van der Waals surface area contributed by atoms with Crippen molar-refractivity contribution in [1.82, 2.24) is 0 Å². The van der Waals surface area contributed by atoms with E-state index in [0.717, 1.165) is 17.7 Å². The summed E-state index contributed by atoms with van der Waals surface area (Å²) in [6, 6.07) is 9.40. The molecule has 0 radical (unpaired) electrons. The van der Waals surface area contributed by atoms with Crippen molar-refractivity contribution >= 4 is 5.69 Å². The van der Waals surface area contributed by atoms with Crippen LogP contribution in [0.2, 0.25) is 0 Å². The second-order valence-electron chi connectivity index (χ2n) is 5.65. The molecule has 0 N–H and O–H groups in total. The third-order valence-corrected chi connectivity index (χ3v) is 4.65. The van der Waals surface area contributed by atoms with Crippen molar-refractivity contribution in [2.75, 3.05) is 18.6 Å². The van der Waals surface area contributed by atoms with Gasteiger partial charge in [-0.3, -0.25) is 0 Å². The van der Waals surface area contributed by atoms with Gasteiger partial charge in [0, 0.05) is 18.3 Å². The van der Waals surface area contributed by atoms with Gasteiger partial charge >= 0.3 is 0 Å². The Morgan fingerprint density at radius 1 is 1.00 bits per heavy atom. The number of methoxy groups -OCH3 is 1. The summed E-state index contributed by atoms with van der Waals surface area (Å²) in [7, 11) is 1.73. The highest BCUT2D eigenvalue weighted by atomic mass is 16.5. The summed E-state index contributed by atoms with van der Waals surface area (Å²) in [6.07, 6.45) is 8.48. The number of fused-ring (bicyclic) bond motifs is 1. The van der Waals surface area contributed by atoms with Gasteiger partial charge in [-0.15, -0.1) is 0 Å². The normalized spacial score (nSPS) is 27.7. The first-order chi connectivity index (χ1) is 8.88. The first kappa shape index (κ1) is 11.9. The fraction of sp³-hybridized carbons (Fsp3) is 0.625. The number of hydrogen-bond acceptors (Lipinski definition) is 2. The Hall–Kier alpha value is -1.18. The summed E-state index contributed by atoms with van der Waals surface area (Å²) in [4.78, 5) is 2.65. The first-order valence-electron chi connectivity index (χ1n) is 7.29. The zero-order chi connectivity index (χ0) is 12.4. The molecule has 0 spiro atoms. The number of piperidine rings is 1. The highest BCUT2D eigenvalue weighted by Gasteiger charge is 2.33. The Morgan fingerprint density at radius 3 is 2.50 bits per heavy atom. The molecule has 2 unspecified atom stereocenters. The second-order valence-corrected chi connectivity index (χ2v) is 5.65. The first-order valence-corrected chi connectivity index (χ1v) is 7.29. The molecule has 2 nitrogen and oxygen atoms in total. The Balaban J connectivity index is 1.80. The van der Waals surface area contributed by atoms with Crippen molar-refractivity contribution in [1.29, 1.82) is 0 Å². The largest absolute Gasteiger partial charge is 0.497 e. The molecule has 2 heteroatoms. The van der Waals surface area contributed by atoms with E-state index < -0.39 is 0 Å². The van der Waals surface area contributed by atoms with Crippen LogP contribution in [0.5, 0.6) is 5.75 Å². The molecular weight excluding hydrogens is 222 g/mol. The summed E-state index contributed by atoms with van der Waals surface area (Å²) in [5.74, 6) is 1.89. The van der Waals surface area contributed by atoms with Crippen molar-refractivity contribution in [3.05, 3.63) is 24.3 Å². The maximum absolute atomic E-state index is 5.24. The van der Waals surface area contributed by atoms with Crippen LogP contribution in [0.1, 0.15) is 38.5 Å². The number of rotatable bonds is 2. The summed E-state index contributed by atoms with van der Waals surface area (Å²) in [5.41, 5.74) is 1.38. The summed E-state index contributed by atoms with van der Waals surface area (Å²) >= 11 is 0. The van der Waals surface area contributed by atoms with Crippen LogP contribution >= 0.6 is 0 Å². The lowest BCUT2D eigenvalue weighted by molar-refractivity contribution is 0.244. The Labute approximate surface area is 110 Å². The second kappa shape index (κ2) is 5.21. The lowest BCUT2D eigenvalue weighted by Crippen LogP contribution is -2.46. The van der Waals surface area contributed by atoms with Gasteiger partial charge in [0.2, 0.25) is 0 Å². The van der Waals surface area contributed by atoms with E-state index in [4.69, 9.17) is 4.74 Å². The molecule has 1 saturated heterocycles. The van der Waals surface area contributed by atoms with Gasteiger partial charge in [0.1, 0.15) is 5.75 Å². The zero-order valence-electron chi connectivity index (χ0n) is 11.3. The van der Waals surface area contributed by atoms with Crippen molar-refractivity contribution in [2.45, 2.75) is 44.6 Å². The van der Waals surface area contributed by atoms with E-state index in [2.05, 4.69) is 29.2 Å². The fourth-order valence-corrected chi connectivity index (χ4v) is 3.72. The minimum atomic E-state index is 0.792. The monoisotopic (exact) mass is 245 g/mol. The topological polar surface area (TPSA) is 12.5 Å². The lowest BCUT2D eigenvalue weighted by Gasteiger charge is -2.45. The molecule has 0 amide bonds. The molecule has 3 rings (SSSR count). The number of ether oxygens (including phenoxy) is 1. The molecule has 98 valence electrons. The molecule has 0 bridgehead atoms. The maximum atomic E-state index is 5.24. The summed E-state index contributed by atoms with van der Waals surface area (Å²) in [5, 5.41) is 0. The molecule has 1 saturated carbocycles. The molecule has 2 aliphatic rings. The standard InChI is InChI=1S/C16H23NO/c1-18-15-10-8-14(9-11-15)17-12-4-6-13-5-2-3-7-16(13)17/h8-11,13,16H,2-7,12H2,1H3. The molecule has 1 aliphatic heterocycles. The third-order valence-electron chi connectivity index (χ3n) is 4.65. The number of anilines is 1. The van der Waals surface area contributed by atoms with Gasteiger partial charge in [0.25, 0.3) is 0 Å². The van der Waals surface area contributed by atoms with Crippen molar-refractivity contribution in [3.63, 3.8) is 0 Å². The van der Waals surface area contributed by atoms with Gasteiger partial charge < -0.3 is 9.64 Å². The Bertz CT molecular complexity index is 385. The van der Waals surface area contributed by atoms with E-state index in [0.29, 0.717) is 0 Å². The van der Waals surface area contributed by atoms with Gasteiger partial charge in [0.05, 0.1) is 7.11 Å². The average molecular weight is 245 g/mol. The Morgan fingerprint density at radius 2 is 1.72 bits per heavy atom. The van der Waals surface area contributed by atoms with Crippen LogP contribution in [-0.4, -0.2) is 19.7 Å². The Kier molecular flexibility index (Phi) is 3.44. The predicted octanol–water partition coefficient (Wildman–Crippen LogP) is 3.85.